The molecule has 1 aliphatic heterocycles. The number of carbonyl (C=O) groups excluding carboxylic acids is 2. The van der Waals surface area contributed by atoms with Gasteiger partial charge in [0.25, 0.3) is 0 Å². The fourth-order valence-electron chi connectivity index (χ4n) is 3.50. The number of methoxy groups -OCH3 is 1. The summed E-state index contributed by atoms with van der Waals surface area (Å²) in [6, 6.07) is 5.95. The van der Waals surface area contributed by atoms with Crippen molar-refractivity contribution in [1.29, 1.82) is 0 Å². The van der Waals surface area contributed by atoms with Crippen molar-refractivity contribution in [1.82, 2.24) is 9.88 Å². The summed E-state index contributed by atoms with van der Waals surface area (Å²) in [5.41, 5.74) is 2.44. The highest BCUT2D eigenvalue weighted by molar-refractivity contribution is 7.14. The van der Waals surface area contributed by atoms with Crippen molar-refractivity contribution in [2.75, 3.05) is 25.5 Å². The van der Waals surface area contributed by atoms with Gasteiger partial charge in [0, 0.05) is 35.4 Å². The second-order valence-electron chi connectivity index (χ2n) is 8.55. The quantitative estimate of drug-likeness (QED) is 0.806. The van der Waals surface area contributed by atoms with Gasteiger partial charge in [-0.05, 0) is 31.9 Å². The lowest BCUT2D eigenvalue weighted by Crippen LogP contribution is -2.45. The summed E-state index contributed by atoms with van der Waals surface area (Å²) in [6.07, 6.45) is 1.36. The molecule has 1 aromatic heterocycles. The molecular formula is C22H29N3O3S. The number of carbonyl (C=O) groups is 2. The van der Waals surface area contributed by atoms with Crippen molar-refractivity contribution in [2.45, 2.75) is 40.5 Å². The van der Waals surface area contributed by atoms with Gasteiger partial charge in [-0.3, -0.25) is 9.59 Å². The van der Waals surface area contributed by atoms with Crippen molar-refractivity contribution in [2.24, 2.45) is 11.3 Å². The van der Waals surface area contributed by atoms with Gasteiger partial charge >= 0.3 is 0 Å². The van der Waals surface area contributed by atoms with E-state index >= 15 is 0 Å². The maximum atomic E-state index is 12.7. The number of hydrogen-bond donors (Lipinski definition) is 1. The van der Waals surface area contributed by atoms with E-state index in [1.54, 1.807) is 7.11 Å². The van der Waals surface area contributed by atoms with Crippen molar-refractivity contribution < 1.29 is 14.3 Å². The van der Waals surface area contributed by atoms with Crippen LogP contribution >= 0.6 is 11.3 Å². The molecule has 29 heavy (non-hydrogen) atoms. The van der Waals surface area contributed by atoms with E-state index in [2.05, 4.69) is 10.3 Å². The van der Waals surface area contributed by atoms with Crippen molar-refractivity contribution in [3.05, 3.63) is 29.1 Å². The van der Waals surface area contributed by atoms with Crippen LogP contribution < -0.4 is 10.1 Å². The molecule has 6 nitrogen and oxygen atoms in total. The first-order chi connectivity index (χ1) is 13.7. The Hall–Kier alpha value is -2.41. The molecule has 0 saturated carbocycles. The maximum Gasteiger partial charge on any atom is 0.229 e. The van der Waals surface area contributed by atoms with Crippen LogP contribution in [0.5, 0.6) is 5.75 Å². The summed E-state index contributed by atoms with van der Waals surface area (Å²) in [5.74, 6) is 0.785. The molecule has 1 fully saturated rings. The molecule has 3 rings (SSSR count). The van der Waals surface area contributed by atoms with E-state index in [1.807, 2.05) is 56.2 Å². The van der Waals surface area contributed by atoms with E-state index in [0.717, 1.165) is 22.6 Å². The minimum absolute atomic E-state index is 0.0232. The predicted molar refractivity (Wildman–Crippen MR) is 116 cm³/mol. The Morgan fingerprint density at radius 1 is 1.24 bits per heavy atom. The zero-order chi connectivity index (χ0) is 21.2. The molecule has 2 aromatic rings. The largest absolute Gasteiger partial charge is 0.496 e. The van der Waals surface area contributed by atoms with Gasteiger partial charge < -0.3 is 15.0 Å². The molecule has 1 saturated heterocycles. The van der Waals surface area contributed by atoms with Crippen molar-refractivity contribution in [3.8, 4) is 17.0 Å². The Kier molecular flexibility index (Phi) is 6.27. The molecule has 0 unspecified atom stereocenters. The molecule has 1 aromatic carbocycles. The number of piperidine rings is 1. The lowest BCUT2D eigenvalue weighted by Gasteiger charge is -2.35. The topological polar surface area (TPSA) is 71.5 Å². The third-order valence-electron chi connectivity index (χ3n) is 5.16. The molecule has 1 N–H and O–H groups in total. The molecule has 0 atom stereocenters. The SMILES string of the molecule is COc1ccc(C)cc1-c1csc(NC(=O)C2CCN(C(=O)C(C)(C)C)CC2)n1. The second kappa shape index (κ2) is 8.53. The highest BCUT2D eigenvalue weighted by Crippen LogP contribution is 2.33. The number of likely N-dealkylation sites (tertiary alicyclic amines) is 1. The molecule has 2 amide bonds. The van der Waals surface area contributed by atoms with Gasteiger partial charge in [0.2, 0.25) is 11.8 Å². The summed E-state index contributed by atoms with van der Waals surface area (Å²) in [5, 5.41) is 5.47. The fourth-order valence-corrected chi connectivity index (χ4v) is 4.22. The van der Waals surface area contributed by atoms with Crippen LogP contribution in [0.1, 0.15) is 39.2 Å². The molecule has 0 radical (unpaired) electrons. The summed E-state index contributed by atoms with van der Waals surface area (Å²) in [6.45, 7) is 9.05. The normalized spacial score (nSPS) is 15.3. The standard InChI is InChI=1S/C22H29N3O3S/c1-14-6-7-18(28-5)16(12-14)17-13-29-21(23-17)24-19(26)15-8-10-25(11-9-15)20(27)22(2,3)4/h6-7,12-13,15H,8-11H2,1-5H3,(H,23,24,26). The minimum Gasteiger partial charge on any atom is -0.496 e. The molecule has 0 aliphatic carbocycles. The lowest BCUT2D eigenvalue weighted by atomic mass is 9.91. The highest BCUT2D eigenvalue weighted by atomic mass is 32.1. The maximum absolute atomic E-state index is 12.7. The number of benzene rings is 1. The van der Waals surface area contributed by atoms with Gasteiger partial charge in [-0.1, -0.05) is 32.4 Å². The smallest absolute Gasteiger partial charge is 0.229 e. The Morgan fingerprint density at radius 2 is 1.93 bits per heavy atom. The number of thiazole rings is 1. The van der Waals surface area contributed by atoms with Crippen LogP contribution in [-0.4, -0.2) is 41.9 Å². The molecular weight excluding hydrogens is 386 g/mol. The first kappa shape index (κ1) is 21.3. The summed E-state index contributed by atoms with van der Waals surface area (Å²) >= 11 is 1.41. The lowest BCUT2D eigenvalue weighted by molar-refractivity contribution is -0.142. The molecule has 0 spiro atoms. The molecule has 2 heterocycles. The van der Waals surface area contributed by atoms with Crippen molar-refractivity contribution >= 4 is 28.3 Å². The number of nitrogens with one attached hydrogen (secondary N) is 1. The van der Waals surface area contributed by atoms with Gasteiger partial charge in [0.15, 0.2) is 5.13 Å². The van der Waals surface area contributed by atoms with Gasteiger partial charge in [0.05, 0.1) is 12.8 Å². The molecule has 7 heteroatoms. The summed E-state index contributed by atoms with van der Waals surface area (Å²) in [4.78, 5) is 31.6. The second-order valence-corrected chi connectivity index (χ2v) is 9.41. The third-order valence-corrected chi connectivity index (χ3v) is 5.92. The zero-order valence-corrected chi connectivity index (χ0v) is 18.6. The molecule has 0 bridgehead atoms. The van der Waals surface area contributed by atoms with E-state index in [-0.39, 0.29) is 23.1 Å². The Bertz CT molecular complexity index is 893. The van der Waals surface area contributed by atoms with Crippen LogP contribution in [-0.2, 0) is 9.59 Å². The Labute approximate surface area is 176 Å². The van der Waals surface area contributed by atoms with E-state index in [9.17, 15) is 9.59 Å². The number of ether oxygens (including phenoxy) is 1. The van der Waals surface area contributed by atoms with Crippen LogP contribution in [0.4, 0.5) is 5.13 Å². The first-order valence-electron chi connectivity index (χ1n) is 9.90. The van der Waals surface area contributed by atoms with Crippen LogP contribution in [0.2, 0.25) is 0 Å². The predicted octanol–water partition coefficient (Wildman–Crippen LogP) is 4.35. The zero-order valence-electron chi connectivity index (χ0n) is 17.7. The monoisotopic (exact) mass is 415 g/mol. The van der Waals surface area contributed by atoms with E-state index < -0.39 is 0 Å². The van der Waals surface area contributed by atoms with Crippen LogP contribution in [0, 0.1) is 18.3 Å². The van der Waals surface area contributed by atoms with E-state index in [1.165, 1.54) is 11.3 Å². The third kappa shape index (κ3) is 4.96. The van der Waals surface area contributed by atoms with Gasteiger partial charge in [-0.2, -0.15) is 0 Å². The van der Waals surface area contributed by atoms with Gasteiger partial charge in [-0.15, -0.1) is 11.3 Å². The van der Waals surface area contributed by atoms with Gasteiger partial charge in [0.1, 0.15) is 5.75 Å². The fraction of sp³-hybridized carbons (Fsp3) is 0.500. The minimum atomic E-state index is -0.386. The number of hydrogen-bond acceptors (Lipinski definition) is 5. The summed E-state index contributed by atoms with van der Waals surface area (Å²) in [7, 11) is 1.64. The Morgan fingerprint density at radius 3 is 2.55 bits per heavy atom. The van der Waals surface area contributed by atoms with Crippen molar-refractivity contribution in [3.63, 3.8) is 0 Å². The van der Waals surface area contributed by atoms with Crippen LogP contribution in [0.15, 0.2) is 23.6 Å². The van der Waals surface area contributed by atoms with Crippen LogP contribution in [0.3, 0.4) is 0 Å². The average molecular weight is 416 g/mol. The first-order valence-corrected chi connectivity index (χ1v) is 10.8. The van der Waals surface area contributed by atoms with E-state index in [4.69, 9.17) is 4.74 Å². The number of nitrogens with zero attached hydrogens (tertiary/aromatic N) is 2. The van der Waals surface area contributed by atoms with Gasteiger partial charge in [-0.25, -0.2) is 4.98 Å². The summed E-state index contributed by atoms with van der Waals surface area (Å²) < 4.78 is 5.44. The Balaban J connectivity index is 1.62. The molecule has 156 valence electrons. The number of rotatable bonds is 4. The number of anilines is 1. The average Bonchev–Trinajstić information content (AvgIpc) is 3.15. The number of aromatic nitrogens is 1. The number of aryl methyl sites for hydroxylation is 1. The number of amides is 2. The van der Waals surface area contributed by atoms with E-state index in [0.29, 0.717) is 31.1 Å². The van der Waals surface area contributed by atoms with Crippen LogP contribution in [0.25, 0.3) is 11.3 Å². The molecule has 1 aliphatic rings. The highest BCUT2D eigenvalue weighted by Gasteiger charge is 2.32.